The quantitative estimate of drug-likeness (QED) is 0.213. The second-order valence-corrected chi connectivity index (χ2v) is 14.1. The Morgan fingerprint density at radius 3 is 2.34 bits per heavy atom. The van der Waals surface area contributed by atoms with Crippen LogP contribution in [0.5, 0.6) is 0 Å². The molecule has 2 aliphatic heterocycles. The summed E-state index contributed by atoms with van der Waals surface area (Å²) in [6, 6.07) is 32.1. The molecule has 7 rings (SSSR count). The fraction of sp³-hybridized carbons (Fsp3) is 0.182. The van der Waals surface area contributed by atoms with Gasteiger partial charge in [0.2, 0.25) is 15.9 Å². The van der Waals surface area contributed by atoms with Gasteiger partial charge >= 0.3 is 0 Å². The van der Waals surface area contributed by atoms with Crippen molar-refractivity contribution in [1.29, 1.82) is 0 Å². The molecular formula is C33H27ClN2O3S2. The van der Waals surface area contributed by atoms with Crippen molar-refractivity contribution < 1.29 is 13.2 Å². The van der Waals surface area contributed by atoms with E-state index in [9.17, 15) is 13.2 Å². The third-order valence-corrected chi connectivity index (χ3v) is 11.5. The summed E-state index contributed by atoms with van der Waals surface area (Å²) in [5, 5.41) is 4.51. The monoisotopic (exact) mass is 598 g/mol. The van der Waals surface area contributed by atoms with E-state index < -0.39 is 16.1 Å². The van der Waals surface area contributed by atoms with Crippen molar-refractivity contribution in [1.82, 2.24) is 4.31 Å². The molecule has 1 amide bonds. The minimum atomic E-state index is -3.89. The highest BCUT2D eigenvalue weighted by atomic mass is 35.5. The first-order valence-corrected chi connectivity index (χ1v) is 16.4. The zero-order valence-corrected chi connectivity index (χ0v) is 24.5. The van der Waals surface area contributed by atoms with E-state index in [1.54, 1.807) is 23.9 Å². The lowest BCUT2D eigenvalue weighted by Gasteiger charge is -2.38. The van der Waals surface area contributed by atoms with Crippen molar-refractivity contribution in [3.05, 3.63) is 114 Å². The Bertz CT molecular complexity index is 1910. The molecule has 0 unspecified atom stereocenters. The van der Waals surface area contributed by atoms with Crippen LogP contribution < -0.4 is 4.90 Å². The van der Waals surface area contributed by atoms with Crippen LogP contribution in [0.25, 0.3) is 21.5 Å². The van der Waals surface area contributed by atoms with E-state index in [0.29, 0.717) is 31.0 Å². The van der Waals surface area contributed by atoms with Gasteiger partial charge in [-0.25, -0.2) is 8.42 Å². The number of halogens is 1. The summed E-state index contributed by atoms with van der Waals surface area (Å²) in [5.41, 5.74) is 1.93. The van der Waals surface area contributed by atoms with Gasteiger partial charge in [-0.2, -0.15) is 4.31 Å². The van der Waals surface area contributed by atoms with Gasteiger partial charge in [0, 0.05) is 28.4 Å². The molecular weight excluding hydrogens is 572 g/mol. The van der Waals surface area contributed by atoms with E-state index >= 15 is 0 Å². The summed E-state index contributed by atoms with van der Waals surface area (Å²) < 4.78 is 29.4. The molecule has 0 aromatic heterocycles. The number of hydrogen-bond donors (Lipinski definition) is 0. The minimum absolute atomic E-state index is 0.0168. The fourth-order valence-electron chi connectivity index (χ4n) is 6.03. The highest BCUT2D eigenvalue weighted by molar-refractivity contribution is 7.99. The molecule has 5 aromatic rings. The van der Waals surface area contributed by atoms with Gasteiger partial charge in [-0.15, -0.1) is 11.8 Å². The van der Waals surface area contributed by atoms with Crippen LogP contribution in [0.15, 0.2) is 113 Å². The molecule has 5 nitrogen and oxygen atoms in total. The lowest BCUT2D eigenvalue weighted by Crippen LogP contribution is -2.49. The molecule has 0 spiro atoms. The first-order chi connectivity index (χ1) is 19.9. The zero-order valence-electron chi connectivity index (χ0n) is 22.1. The van der Waals surface area contributed by atoms with E-state index in [1.807, 2.05) is 83.8 Å². The third kappa shape index (κ3) is 4.71. The standard InChI is InChI=1S/C33H27ClN2O3S2/c34-26-15-11-24(12-16-26)31-21-35(32-28-9-4-3-7-23(28)14-18-30(32)40-31)33(37)29-10-5-19-36(29)41(38,39)27-17-13-22-6-1-2-8-25(22)20-27/h1-4,6-9,11-18,20,29,31H,5,10,19,21H2/t29-,31-/m0/s1. The van der Waals surface area contributed by atoms with Crippen LogP contribution in [0.4, 0.5) is 5.69 Å². The Kier molecular flexibility index (Phi) is 6.78. The van der Waals surface area contributed by atoms with Crippen molar-refractivity contribution in [2.24, 2.45) is 0 Å². The molecule has 1 saturated heterocycles. The zero-order chi connectivity index (χ0) is 28.1. The number of amides is 1. The second-order valence-electron chi connectivity index (χ2n) is 10.5. The van der Waals surface area contributed by atoms with Gasteiger partial charge in [-0.05, 0) is 64.9 Å². The van der Waals surface area contributed by atoms with E-state index in [4.69, 9.17) is 11.6 Å². The normalized spacial score (nSPS) is 19.5. The Balaban J connectivity index is 1.29. The first-order valence-electron chi connectivity index (χ1n) is 13.7. The molecule has 5 aromatic carbocycles. The Morgan fingerprint density at radius 2 is 1.54 bits per heavy atom. The molecule has 1 fully saturated rings. The van der Waals surface area contributed by atoms with E-state index in [0.717, 1.165) is 37.7 Å². The number of carbonyl (C=O) groups is 1. The van der Waals surface area contributed by atoms with Crippen molar-refractivity contribution in [2.75, 3.05) is 18.0 Å². The molecule has 0 N–H and O–H groups in total. The lowest BCUT2D eigenvalue weighted by molar-refractivity contribution is -0.121. The Hall–Kier alpha value is -3.36. The maximum atomic E-state index is 14.5. The van der Waals surface area contributed by atoms with Crippen LogP contribution >= 0.6 is 23.4 Å². The van der Waals surface area contributed by atoms with Crippen LogP contribution in [-0.4, -0.2) is 37.8 Å². The number of sulfonamides is 1. The molecule has 2 aliphatic rings. The number of anilines is 1. The molecule has 8 heteroatoms. The van der Waals surface area contributed by atoms with Gasteiger partial charge < -0.3 is 4.90 Å². The summed E-state index contributed by atoms with van der Waals surface area (Å²) >= 11 is 7.90. The van der Waals surface area contributed by atoms with Crippen molar-refractivity contribution >= 4 is 66.5 Å². The number of fused-ring (bicyclic) bond motifs is 4. The maximum Gasteiger partial charge on any atom is 0.245 e. The number of benzene rings is 5. The summed E-state index contributed by atoms with van der Waals surface area (Å²) in [7, 11) is -3.89. The average molecular weight is 599 g/mol. The summed E-state index contributed by atoms with van der Waals surface area (Å²) in [6.45, 7) is 0.754. The lowest BCUT2D eigenvalue weighted by atomic mass is 10.0. The average Bonchev–Trinajstić information content (AvgIpc) is 3.51. The van der Waals surface area contributed by atoms with E-state index in [1.165, 1.54) is 4.31 Å². The van der Waals surface area contributed by atoms with Gasteiger partial charge in [-0.1, -0.05) is 84.4 Å². The third-order valence-electron chi connectivity index (χ3n) is 8.08. The number of nitrogens with zero attached hydrogens (tertiary/aromatic N) is 2. The van der Waals surface area contributed by atoms with Crippen LogP contribution in [0, 0.1) is 0 Å². The summed E-state index contributed by atoms with van der Waals surface area (Å²) in [6.07, 6.45) is 1.12. The van der Waals surface area contributed by atoms with Crippen LogP contribution in [0.1, 0.15) is 23.7 Å². The molecule has 2 atom stereocenters. The summed E-state index contributed by atoms with van der Waals surface area (Å²) in [5.74, 6) is -0.177. The molecule has 41 heavy (non-hydrogen) atoms. The number of rotatable bonds is 4. The van der Waals surface area contributed by atoms with E-state index in [-0.39, 0.29) is 16.1 Å². The first kappa shape index (κ1) is 26.5. The highest BCUT2D eigenvalue weighted by Gasteiger charge is 2.43. The van der Waals surface area contributed by atoms with Crippen LogP contribution in [-0.2, 0) is 14.8 Å². The number of hydrogen-bond acceptors (Lipinski definition) is 4. The predicted molar refractivity (Wildman–Crippen MR) is 167 cm³/mol. The van der Waals surface area contributed by atoms with Gasteiger partial charge in [0.1, 0.15) is 6.04 Å². The fourth-order valence-corrected chi connectivity index (χ4v) is 9.14. The van der Waals surface area contributed by atoms with Crippen molar-refractivity contribution in [2.45, 2.75) is 33.9 Å². The number of carbonyl (C=O) groups excluding carboxylic acids is 1. The highest BCUT2D eigenvalue weighted by Crippen LogP contribution is 2.49. The molecule has 206 valence electrons. The Labute approximate surface area is 248 Å². The molecule has 0 saturated carbocycles. The molecule has 0 bridgehead atoms. The predicted octanol–water partition coefficient (Wildman–Crippen LogP) is 7.68. The van der Waals surface area contributed by atoms with Crippen LogP contribution in [0.2, 0.25) is 5.02 Å². The van der Waals surface area contributed by atoms with Gasteiger partial charge in [-0.3, -0.25) is 4.79 Å². The maximum absolute atomic E-state index is 14.5. The van der Waals surface area contributed by atoms with Gasteiger partial charge in [0.15, 0.2) is 0 Å². The molecule has 2 heterocycles. The van der Waals surface area contributed by atoms with Gasteiger partial charge in [0.05, 0.1) is 15.8 Å². The Morgan fingerprint density at radius 1 is 0.829 bits per heavy atom. The van der Waals surface area contributed by atoms with Crippen molar-refractivity contribution in [3.8, 4) is 0 Å². The second kappa shape index (κ2) is 10.5. The van der Waals surface area contributed by atoms with Crippen molar-refractivity contribution in [3.63, 3.8) is 0 Å². The number of thioether (sulfide) groups is 1. The molecule has 0 aliphatic carbocycles. The topological polar surface area (TPSA) is 57.7 Å². The largest absolute Gasteiger partial charge is 0.308 e. The summed E-state index contributed by atoms with van der Waals surface area (Å²) in [4.78, 5) is 17.6. The SMILES string of the molecule is O=C([C@@H]1CCCN1S(=O)(=O)c1ccc2ccccc2c1)N1C[C@@H](c2ccc(Cl)cc2)Sc2ccc3ccccc3c21. The van der Waals surface area contributed by atoms with Crippen LogP contribution in [0.3, 0.4) is 0 Å². The van der Waals surface area contributed by atoms with E-state index in [2.05, 4.69) is 12.1 Å². The molecule has 0 radical (unpaired) electrons. The smallest absolute Gasteiger partial charge is 0.245 e. The van der Waals surface area contributed by atoms with Gasteiger partial charge in [0.25, 0.3) is 0 Å². The minimum Gasteiger partial charge on any atom is -0.308 e.